The number of benzene rings is 3. The summed E-state index contributed by atoms with van der Waals surface area (Å²) in [4.78, 5) is 43.6. The Morgan fingerprint density at radius 3 is 2.05 bits per heavy atom. The highest BCUT2D eigenvalue weighted by Gasteiger charge is 2.47. The molecule has 0 bridgehead atoms. The van der Waals surface area contributed by atoms with Crippen molar-refractivity contribution in [1.29, 1.82) is 0 Å². The van der Waals surface area contributed by atoms with Crippen LogP contribution in [-0.2, 0) is 20.9 Å². The summed E-state index contributed by atoms with van der Waals surface area (Å²) in [6.45, 7) is 3.21. The molecule has 2 fully saturated rings. The molecule has 2 aliphatic heterocycles. The Morgan fingerprint density at radius 1 is 0.864 bits per heavy atom. The highest BCUT2D eigenvalue weighted by molar-refractivity contribution is 6.07. The van der Waals surface area contributed by atoms with Gasteiger partial charge in [0.05, 0.1) is 12.1 Å². The number of nitrogens with zero attached hydrogens (tertiary/aromatic N) is 1. The third kappa shape index (κ3) is 7.40. The fourth-order valence-electron chi connectivity index (χ4n) is 6.75. The molecule has 5 rings (SSSR count). The maximum absolute atomic E-state index is 14.4. The smallest absolute Gasteiger partial charge is 0.246 e. The maximum atomic E-state index is 14.4. The van der Waals surface area contributed by atoms with Crippen LogP contribution in [0.5, 0.6) is 0 Å². The summed E-state index contributed by atoms with van der Waals surface area (Å²) < 4.78 is 0. The largest absolute Gasteiger partial charge is 0.352 e. The third-order valence-corrected chi connectivity index (χ3v) is 9.17. The van der Waals surface area contributed by atoms with E-state index in [9.17, 15) is 14.4 Å². The monoisotopic (exact) mass is 593 g/mol. The van der Waals surface area contributed by atoms with Crippen LogP contribution in [0.1, 0.15) is 61.8 Å². The molecule has 0 unspecified atom stereocenters. The van der Waals surface area contributed by atoms with E-state index in [-0.39, 0.29) is 35.7 Å². The summed E-state index contributed by atoms with van der Waals surface area (Å²) >= 11 is 0. The van der Waals surface area contributed by atoms with Crippen molar-refractivity contribution >= 4 is 25.7 Å². The first-order valence-electron chi connectivity index (χ1n) is 15.9. The average molecular weight is 594 g/mol. The van der Waals surface area contributed by atoms with E-state index < -0.39 is 18.1 Å². The Balaban J connectivity index is 1.37. The molecular weight excluding hydrogens is 549 g/mol. The molecule has 3 aromatic rings. The Kier molecular flexibility index (Phi) is 10.9. The summed E-state index contributed by atoms with van der Waals surface area (Å²) in [6.07, 6.45) is 3.55. The number of amides is 3. The van der Waals surface area contributed by atoms with Crippen molar-refractivity contribution in [3.63, 3.8) is 0 Å². The van der Waals surface area contributed by atoms with Gasteiger partial charge in [-0.3, -0.25) is 14.4 Å². The van der Waals surface area contributed by atoms with Crippen LogP contribution in [0.25, 0.3) is 0 Å². The van der Waals surface area contributed by atoms with Crippen molar-refractivity contribution in [3.8, 4) is 0 Å². The molecule has 2 heterocycles. The molecule has 230 valence electrons. The van der Waals surface area contributed by atoms with Crippen molar-refractivity contribution in [3.05, 3.63) is 108 Å². The first-order chi connectivity index (χ1) is 21.5. The van der Waals surface area contributed by atoms with Crippen LogP contribution < -0.4 is 21.2 Å². The molecule has 2 saturated heterocycles. The predicted molar refractivity (Wildman–Crippen MR) is 175 cm³/mol. The molecule has 3 amide bonds. The van der Waals surface area contributed by atoms with Crippen LogP contribution in [0, 0.1) is 5.92 Å². The van der Waals surface area contributed by atoms with Crippen molar-refractivity contribution < 1.29 is 14.4 Å². The van der Waals surface area contributed by atoms with Crippen LogP contribution in [-0.4, -0.2) is 61.3 Å². The van der Waals surface area contributed by atoms with Crippen LogP contribution >= 0.6 is 0 Å². The zero-order chi connectivity index (χ0) is 30.9. The Bertz CT molecular complexity index is 1330. The number of nitrogens with one attached hydrogen (secondary N) is 4. The molecule has 5 atom stereocenters. The number of hydrogen-bond acceptors (Lipinski definition) is 5. The second-order valence-electron chi connectivity index (χ2n) is 11.9. The molecule has 8 nitrogen and oxygen atoms in total. The van der Waals surface area contributed by atoms with E-state index in [0.29, 0.717) is 25.9 Å². The molecule has 0 spiro atoms. The zero-order valence-corrected chi connectivity index (χ0v) is 25.7. The summed E-state index contributed by atoms with van der Waals surface area (Å²) in [5.41, 5.74) is 3.13. The van der Waals surface area contributed by atoms with Crippen molar-refractivity contribution in [2.24, 2.45) is 5.92 Å². The molecule has 0 radical (unpaired) electrons. The van der Waals surface area contributed by atoms with Crippen LogP contribution in [0.3, 0.4) is 0 Å². The number of fused-ring (bicyclic) bond motifs is 1. The van der Waals surface area contributed by atoms with Crippen LogP contribution in [0.4, 0.5) is 0 Å². The van der Waals surface area contributed by atoms with Crippen molar-refractivity contribution in [2.75, 3.05) is 6.54 Å². The number of carbonyl (C=O) groups is 3. The number of rotatable bonds is 12. The Morgan fingerprint density at radius 2 is 1.45 bits per heavy atom. The van der Waals surface area contributed by atoms with Gasteiger partial charge in [0.2, 0.25) is 17.7 Å². The van der Waals surface area contributed by atoms with Gasteiger partial charge in [-0.25, -0.2) is 0 Å². The summed E-state index contributed by atoms with van der Waals surface area (Å²) in [7, 11) is 1.76. The van der Waals surface area contributed by atoms with Gasteiger partial charge in [0, 0.05) is 25.0 Å². The van der Waals surface area contributed by atoms with Crippen molar-refractivity contribution in [2.45, 2.75) is 75.8 Å². The fraction of sp³-hybridized carbons (Fsp3) is 0.400. The van der Waals surface area contributed by atoms with Gasteiger partial charge < -0.3 is 26.1 Å². The highest BCUT2D eigenvalue weighted by atomic mass is 16.2. The molecule has 0 saturated carbocycles. The van der Waals surface area contributed by atoms with E-state index in [0.717, 1.165) is 36.0 Å². The summed E-state index contributed by atoms with van der Waals surface area (Å²) in [6, 6.07) is 27.9. The average Bonchev–Trinajstić information content (AvgIpc) is 3.45. The predicted octanol–water partition coefficient (Wildman–Crippen LogP) is 2.85. The molecule has 0 aromatic heterocycles. The topological polar surface area (TPSA) is 103 Å². The van der Waals surface area contributed by atoms with Crippen LogP contribution in [0.2, 0.25) is 0 Å². The first kappa shape index (κ1) is 31.5. The number of carbonyl (C=O) groups excluding carboxylic acids is 3. The second-order valence-corrected chi connectivity index (χ2v) is 11.9. The van der Waals surface area contributed by atoms with Crippen LogP contribution in [0.15, 0.2) is 91.0 Å². The Labute approximate surface area is 261 Å². The summed E-state index contributed by atoms with van der Waals surface area (Å²) in [5.74, 6) is -0.605. The van der Waals surface area contributed by atoms with E-state index >= 15 is 0 Å². The molecule has 0 aliphatic carbocycles. The molecular formula is C35H44BN5O3. The van der Waals surface area contributed by atoms with Crippen molar-refractivity contribution in [1.82, 2.24) is 26.1 Å². The maximum Gasteiger partial charge on any atom is 0.246 e. The van der Waals surface area contributed by atoms with E-state index in [1.807, 2.05) is 85.8 Å². The van der Waals surface area contributed by atoms with Gasteiger partial charge in [-0.15, -0.1) is 0 Å². The molecule has 9 heteroatoms. The third-order valence-electron chi connectivity index (χ3n) is 9.17. The van der Waals surface area contributed by atoms with Gasteiger partial charge in [0.25, 0.3) is 0 Å². The molecule has 4 N–H and O–H groups in total. The standard InChI is InChI=1S/C35H44BN5O3/c1-2-29(40-36)33(42)39-32-27(23-37-22-24-12-6-3-7-13-24)18-19-28-20-21-30(41(28)35(32)44)34(43)38-31(25-14-8-4-9-15-25)26-16-10-5-11-17-26/h3-17,27-32,37,40H,2,18-23,36H2,1H3,(H,38,43)(H,39,42)/t27-,28+,29+,30+,32+/m1/s1. The minimum atomic E-state index is -0.717. The minimum Gasteiger partial charge on any atom is -0.352 e. The van der Waals surface area contributed by atoms with Gasteiger partial charge in [0.1, 0.15) is 12.1 Å². The van der Waals surface area contributed by atoms with Gasteiger partial charge in [-0.1, -0.05) is 97.9 Å². The zero-order valence-electron chi connectivity index (χ0n) is 25.7. The molecule has 3 aromatic carbocycles. The van der Waals surface area contributed by atoms with E-state index in [2.05, 4.69) is 33.3 Å². The van der Waals surface area contributed by atoms with Gasteiger partial charge in [-0.05, 0) is 48.8 Å². The van der Waals surface area contributed by atoms with Gasteiger partial charge in [0.15, 0.2) is 7.98 Å². The van der Waals surface area contributed by atoms with E-state index in [1.165, 1.54) is 0 Å². The lowest BCUT2D eigenvalue weighted by Gasteiger charge is -2.33. The lowest BCUT2D eigenvalue weighted by molar-refractivity contribution is -0.143. The van der Waals surface area contributed by atoms with E-state index in [4.69, 9.17) is 0 Å². The lowest BCUT2D eigenvalue weighted by atomic mass is 9.92. The fourth-order valence-corrected chi connectivity index (χ4v) is 6.75. The second kappa shape index (κ2) is 15.2. The molecule has 2 aliphatic rings. The SMILES string of the molecule is BN[C@@H](CC)C(=O)N[C@@H]1C(=O)N2[C@@H](CC[C@@H]1CNCc1ccccc1)CC[C@H]2C(=O)NC(c1ccccc1)c1ccccc1. The van der Waals surface area contributed by atoms with Gasteiger partial charge >= 0.3 is 0 Å². The summed E-state index contributed by atoms with van der Waals surface area (Å²) in [5, 5.41) is 13.0. The normalized spacial score (nSPS) is 22.2. The quantitative estimate of drug-likeness (QED) is 0.242. The minimum absolute atomic E-state index is 0.0325. The highest BCUT2D eigenvalue weighted by Crippen LogP contribution is 2.35. The number of hydrogen-bond donors (Lipinski definition) is 4. The van der Waals surface area contributed by atoms with E-state index in [1.54, 1.807) is 12.9 Å². The first-order valence-corrected chi connectivity index (χ1v) is 15.9. The van der Waals surface area contributed by atoms with Gasteiger partial charge in [-0.2, -0.15) is 0 Å². The lowest BCUT2D eigenvalue weighted by Crippen LogP contribution is -2.59. The molecule has 44 heavy (non-hydrogen) atoms. The Hall–Kier alpha value is -3.95.